The van der Waals surface area contributed by atoms with Crippen LogP contribution in [0.1, 0.15) is 157 Å². The van der Waals surface area contributed by atoms with Crippen LogP contribution in [0.15, 0.2) is 24.3 Å². The minimum Gasteiger partial charge on any atom is -0.507 e. The van der Waals surface area contributed by atoms with Crippen molar-refractivity contribution in [2.45, 2.75) is 171 Å². The topological polar surface area (TPSA) is 130 Å². The summed E-state index contributed by atoms with van der Waals surface area (Å²) in [7, 11) is 0. The molecule has 0 atom stereocenters. The van der Waals surface area contributed by atoms with Gasteiger partial charge in [0.2, 0.25) is 0 Å². The van der Waals surface area contributed by atoms with Crippen molar-refractivity contribution < 1.29 is 48.2 Å². The largest absolute Gasteiger partial charge is 0.507 e. The minimum absolute atomic E-state index is 0.131. The third kappa shape index (κ3) is 12.5. The molecule has 332 valence electrons. The van der Waals surface area contributed by atoms with Crippen LogP contribution in [0, 0.1) is 16.2 Å². The first-order chi connectivity index (χ1) is 26.8. The number of rotatable bonds is 12. The lowest BCUT2D eigenvalue weighted by molar-refractivity contribution is -0.337. The van der Waals surface area contributed by atoms with Crippen molar-refractivity contribution in [1.82, 2.24) is 0 Å². The highest BCUT2D eigenvalue weighted by atomic mass is 16.7. The fourth-order valence-corrected chi connectivity index (χ4v) is 7.53. The number of phenols is 2. The highest BCUT2D eigenvalue weighted by Crippen LogP contribution is 2.42. The van der Waals surface area contributed by atoms with E-state index in [0.717, 1.165) is 33.4 Å². The number of phenolic OH excluding ortho intramolecular Hbond substituents is 2. The summed E-state index contributed by atoms with van der Waals surface area (Å²) < 4.78 is 36.5. The van der Waals surface area contributed by atoms with E-state index in [1.165, 1.54) is 0 Å². The summed E-state index contributed by atoms with van der Waals surface area (Å²) >= 11 is 0. The number of hydrogen-bond donors (Lipinski definition) is 2. The summed E-state index contributed by atoms with van der Waals surface area (Å²) in [4.78, 5) is 26.0. The van der Waals surface area contributed by atoms with Gasteiger partial charge in [0.05, 0.1) is 31.8 Å². The summed E-state index contributed by atoms with van der Waals surface area (Å²) in [6.07, 6.45) is 0.261. The molecule has 59 heavy (non-hydrogen) atoms. The van der Waals surface area contributed by atoms with Gasteiger partial charge in [-0.2, -0.15) is 0 Å². The molecule has 2 aliphatic heterocycles. The quantitative estimate of drug-likeness (QED) is 0.200. The molecule has 2 aromatic rings. The van der Waals surface area contributed by atoms with Crippen LogP contribution in [-0.2, 0) is 72.5 Å². The Labute approximate surface area is 355 Å². The molecule has 0 bridgehead atoms. The van der Waals surface area contributed by atoms with Crippen LogP contribution in [0.2, 0.25) is 0 Å². The Morgan fingerprint density at radius 2 is 0.780 bits per heavy atom. The predicted molar refractivity (Wildman–Crippen MR) is 231 cm³/mol. The molecule has 0 saturated carbocycles. The first kappa shape index (κ1) is 48.5. The predicted octanol–water partition coefficient (Wildman–Crippen LogP) is 9.72. The second-order valence-electron chi connectivity index (χ2n) is 22.8. The van der Waals surface area contributed by atoms with Crippen molar-refractivity contribution in [3.63, 3.8) is 0 Å². The van der Waals surface area contributed by atoms with E-state index in [0.29, 0.717) is 50.8 Å². The van der Waals surface area contributed by atoms with E-state index < -0.39 is 28.8 Å². The maximum Gasteiger partial charge on any atom is 0.306 e. The van der Waals surface area contributed by atoms with Crippen molar-refractivity contribution in [1.29, 1.82) is 0 Å². The Balaban J connectivity index is 1.23. The second kappa shape index (κ2) is 17.7. The molecule has 1 spiro atoms. The SMILES string of the molecule is CC(C)(C)c1cc(CCC(=O)OCC(C)(C)C2OCC3(CO2)COC(C(C)(C)COC(=O)CCc2cc(C(C)(C)C)c(O)c(C(C)(C)C)c2)OC3)cc(C(C)(C)C)c1O. The van der Waals surface area contributed by atoms with Crippen LogP contribution in [0.5, 0.6) is 11.5 Å². The molecule has 2 saturated heterocycles. The standard InChI is InChI=1S/C49H76O10/c1-43(2,3)33-21-31(22-34(39(33)52)44(4,5)6)17-19-37(50)54-25-47(13,14)41-56-27-49(28-57-41)29-58-42(59-30-49)48(15,16)26-55-38(51)20-18-32-23-35(45(7,8)9)40(53)36(24-32)46(10,11)12/h21-24,41-42,52-53H,17-20,25-30H2,1-16H3. The summed E-state index contributed by atoms with van der Waals surface area (Å²) in [5.41, 5.74) is 2.77. The van der Waals surface area contributed by atoms with Gasteiger partial charge in [0, 0.05) is 23.7 Å². The van der Waals surface area contributed by atoms with Crippen LogP contribution in [0.3, 0.4) is 0 Å². The Morgan fingerprint density at radius 1 is 0.525 bits per heavy atom. The van der Waals surface area contributed by atoms with Gasteiger partial charge in [-0.05, 0) is 67.9 Å². The van der Waals surface area contributed by atoms with Gasteiger partial charge < -0.3 is 38.6 Å². The number of carbonyl (C=O) groups is 2. The van der Waals surface area contributed by atoms with E-state index in [2.05, 4.69) is 83.1 Å². The highest BCUT2D eigenvalue weighted by molar-refractivity contribution is 5.70. The van der Waals surface area contributed by atoms with Gasteiger partial charge in [-0.25, -0.2) is 0 Å². The Bertz CT molecular complexity index is 1570. The molecular formula is C49H76O10. The van der Waals surface area contributed by atoms with Crippen molar-refractivity contribution in [3.8, 4) is 11.5 Å². The molecule has 4 rings (SSSR count). The first-order valence-electron chi connectivity index (χ1n) is 21.4. The van der Waals surface area contributed by atoms with Gasteiger partial charge in [-0.3, -0.25) is 9.59 Å². The minimum atomic E-state index is -0.606. The van der Waals surface area contributed by atoms with E-state index in [4.69, 9.17) is 28.4 Å². The maximum absolute atomic E-state index is 13.0. The fourth-order valence-electron chi connectivity index (χ4n) is 7.53. The average Bonchev–Trinajstić information content (AvgIpc) is 3.10. The Morgan fingerprint density at radius 3 is 1.02 bits per heavy atom. The lowest BCUT2D eigenvalue weighted by Crippen LogP contribution is -2.57. The molecule has 0 aromatic heterocycles. The second-order valence-corrected chi connectivity index (χ2v) is 22.8. The zero-order valence-corrected chi connectivity index (χ0v) is 39.2. The fraction of sp³-hybridized carbons (Fsp3) is 0.714. The maximum atomic E-state index is 13.0. The average molecular weight is 825 g/mol. The van der Waals surface area contributed by atoms with Crippen molar-refractivity contribution in [2.75, 3.05) is 39.6 Å². The van der Waals surface area contributed by atoms with Gasteiger partial charge in [-0.1, -0.05) is 135 Å². The zero-order chi connectivity index (χ0) is 44.6. The van der Waals surface area contributed by atoms with Crippen LogP contribution < -0.4 is 0 Å². The summed E-state index contributed by atoms with van der Waals surface area (Å²) in [5.74, 6) is 0.0419. The molecule has 10 heteroatoms. The zero-order valence-electron chi connectivity index (χ0n) is 39.2. The number of aromatic hydroxyl groups is 2. The summed E-state index contributed by atoms with van der Waals surface area (Å²) in [6.45, 7) is 34.4. The molecule has 0 amide bonds. The van der Waals surface area contributed by atoms with Gasteiger partial charge in [-0.15, -0.1) is 0 Å². The Hall–Kier alpha value is -3.18. The highest BCUT2D eigenvalue weighted by Gasteiger charge is 2.48. The van der Waals surface area contributed by atoms with Gasteiger partial charge in [0.1, 0.15) is 24.7 Å². The monoisotopic (exact) mass is 825 g/mol. The third-order valence-corrected chi connectivity index (χ3v) is 11.5. The van der Waals surface area contributed by atoms with Gasteiger partial charge in [0.15, 0.2) is 12.6 Å². The molecule has 2 aromatic carbocycles. The molecule has 0 radical (unpaired) electrons. The number of benzene rings is 2. The van der Waals surface area contributed by atoms with E-state index >= 15 is 0 Å². The molecule has 0 unspecified atom stereocenters. The number of carbonyl (C=O) groups excluding carboxylic acids is 2. The van der Waals surface area contributed by atoms with Crippen molar-refractivity contribution in [2.24, 2.45) is 16.2 Å². The van der Waals surface area contributed by atoms with Gasteiger partial charge >= 0.3 is 11.9 Å². The summed E-state index contributed by atoms with van der Waals surface area (Å²) in [5, 5.41) is 22.1. The molecule has 2 fully saturated rings. The molecule has 2 N–H and O–H groups in total. The summed E-state index contributed by atoms with van der Waals surface area (Å²) in [6, 6.07) is 8.02. The smallest absolute Gasteiger partial charge is 0.306 e. The van der Waals surface area contributed by atoms with Crippen LogP contribution in [-0.4, -0.2) is 74.4 Å². The molecule has 2 heterocycles. The lowest BCUT2D eigenvalue weighted by atomic mass is 9.78. The lowest BCUT2D eigenvalue weighted by Gasteiger charge is -2.48. The molecule has 10 nitrogen and oxygen atoms in total. The van der Waals surface area contributed by atoms with E-state index in [1.807, 2.05) is 52.0 Å². The van der Waals surface area contributed by atoms with Gasteiger partial charge in [0.25, 0.3) is 0 Å². The third-order valence-electron chi connectivity index (χ3n) is 11.5. The number of aryl methyl sites for hydroxylation is 2. The molecule has 2 aliphatic rings. The van der Waals surface area contributed by atoms with Crippen LogP contribution in [0.25, 0.3) is 0 Å². The first-order valence-corrected chi connectivity index (χ1v) is 21.4. The number of hydrogen-bond acceptors (Lipinski definition) is 10. The molecular weight excluding hydrogens is 749 g/mol. The molecule has 0 aliphatic carbocycles. The van der Waals surface area contributed by atoms with Crippen molar-refractivity contribution in [3.05, 3.63) is 57.6 Å². The van der Waals surface area contributed by atoms with E-state index in [9.17, 15) is 19.8 Å². The van der Waals surface area contributed by atoms with Crippen molar-refractivity contribution >= 4 is 11.9 Å². The Kier molecular flexibility index (Phi) is 14.5. The van der Waals surface area contributed by atoms with E-state index in [1.54, 1.807) is 0 Å². The van der Waals surface area contributed by atoms with Crippen LogP contribution >= 0.6 is 0 Å². The normalized spacial score (nSPS) is 21.1. The van der Waals surface area contributed by atoms with E-state index in [-0.39, 0.29) is 59.7 Å². The number of esters is 2. The number of ether oxygens (including phenoxy) is 6. The van der Waals surface area contributed by atoms with Crippen LogP contribution in [0.4, 0.5) is 0 Å².